The van der Waals surface area contributed by atoms with Crippen LogP contribution in [-0.4, -0.2) is 30.3 Å². The summed E-state index contributed by atoms with van der Waals surface area (Å²) in [5.41, 5.74) is 5.38. The molecule has 0 heterocycles. The standard InChI is InChI=1S/C8H16N2O5/c1-7(9)6-8(11)14-4-2-3-5-15-10(12)13/h7H,2-6,9H2,1H3. The molecule has 7 heteroatoms. The molecule has 88 valence electrons. The number of esters is 1. The molecule has 7 nitrogen and oxygen atoms in total. The predicted octanol–water partition coefficient (Wildman–Crippen LogP) is 0.255. The lowest BCUT2D eigenvalue weighted by atomic mass is 10.2. The largest absolute Gasteiger partial charge is 0.466 e. The molecule has 1 unspecified atom stereocenters. The number of ether oxygens (including phenoxy) is 1. The Balaban J connectivity index is 3.24. The fraction of sp³-hybridized carbons (Fsp3) is 0.875. The summed E-state index contributed by atoms with van der Waals surface area (Å²) in [6, 6.07) is -0.213. The number of unbranched alkanes of at least 4 members (excludes halogenated alkanes) is 1. The number of carbonyl (C=O) groups is 1. The van der Waals surface area contributed by atoms with Crippen LogP contribution < -0.4 is 5.73 Å². The molecule has 0 aromatic carbocycles. The summed E-state index contributed by atoms with van der Waals surface area (Å²) in [5, 5.41) is 8.90. The molecule has 0 saturated heterocycles. The number of hydrogen-bond acceptors (Lipinski definition) is 6. The van der Waals surface area contributed by atoms with E-state index < -0.39 is 5.09 Å². The molecule has 0 radical (unpaired) electrons. The summed E-state index contributed by atoms with van der Waals surface area (Å²) in [5.74, 6) is -0.347. The summed E-state index contributed by atoms with van der Waals surface area (Å²) in [4.78, 5) is 24.8. The molecule has 0 bridgehead atoms. The van der Waals surface area contributed by atoms with Crippen LogP contribution in [0.1, 0.15) is 26.2 Å². The molecule has 0 aliphatic rings. The van der Waals surface area contributed by atoms with Crippen LogP contribution >= 0.6 is 0 Å². The topological polar surface area (TPSA) is 105 Å². The van der Waals surface area contributed by atoms with Crippen molar-refractivity contribution in [1.82, 2.24) is 0 Å². The Morgan fingerprint density at radius 3 is 2.60 bits per heavy atom. The fourth-order valence-electron chi connectivity index (χ4n) is 0.851. The first kappa shape index (κ1) is 13.6. The molecular formula is C8H16N2O5. The Hall–Kier alpha value is -1.37. The second-order valence-corrected chi connectivity index (χ2v) is 3.17. The van der Waals surface area contributed by atoms with Gasteiger partial charge in [-0.05, 0) is 19.8 Å². The molecule has 1 atom stereocenters. The van der Waals surface area contributed by atoms with Gasteiger partial charge in [0.15, 0.2) is 0 Å². The van der Waals surface area contributed by atoms with Crippen LogP contribution in [0.2, 0.25) is 0 Å². The average Bonchev–Trinajstić information content (AvgIpc) is 2.09. The average molecular weight is 220 g/mol. The van der Waals surface area contributed by atoms with E-state index in [1.54, 1.807) is 6.92 Å². The highest BCUT2D eigenvalue weighted by molar-refractivity contribution is 5.69. The van der Waals surface area contributed by atoms with Gasteiger partial charge in [0, 0.05) is 6.04 Å². The van der Waals surface area contributed by atoms with Gasteiger partial charge >= 0.3 is 5.97 Å². The smallest absolute Gasteiger partial charge is 0.307 e. The zero-order valence-corrected chi connectivity index (χ0v) is 8.68. The zero-order chi connectivity index (χ0) is 11.7. The second-order valence-electron chi connectivity index (χ2n) is 3.17. The highest BCUT2D eigenvalue weighted by atomic mass is 16.9. The van der Waals surface area contributed by atoms with Crippen molar-refractivity contribution in [3.8, 4) is 0 Å². The van der Waals surface area contributed by atoms with Crippen LogP contribution in [0.3, 0.4) is 0 Å². The van der Waals surface area contributed by atoms with Crippen molar-refractivity contribution in [3.63, 3.8) is 0 Å². The minimum Gasteiger partial charge on any atom is -0.466 e. The summed E-state index contributed by atoms with van der Waals surface area (Å²) >= 11 is 0. The van der Waals surface area contributed by atoms with Crippen molar-refractivity contribution in [2.24, 2.45) is 5.73 Å². The Morgan fingerprint density at radius 2 is 2.07 bits per heavy atom. The quantitative estimate of drug-likeness (QED) is 0.272. The number of carbonyl (C=O) groups excluding carboxylic acids is 1. The van der Waals surface area contributed by atoms with E-state index >= 15 is 0 Å². The Kier molecular flexibility index (Phi) is 7.25. The normalized spacial score (nSPS) is 11.9. The van der Waals surface area contributed by atoms with E-state index in [-0.39, 0.29) is 31.6 Å². The van der Waals surface area contributed by atoms with Crippen molar-refractivity contribution in [2.75, 3.05) is 13.2 Å². The van der Waals surface area contributed by atoms with Gasteiger partial charge in [-0.3, -0.25) is 4.79 Å². The molecule has 0 aromatic heterocycles. The minimum atomic E-state index is -0.845. The molecule has 15 heavy (non-hydrogen) atoms. The van der Waals surface area contributed by atoms with Gasteiger partial charge in [-0.25, -0.2) is 0 Å². The van der Waals surface area contributed by atoms with Gasteiger partial charge in [0.1, 0.15) is 0 Å². The van der Waals surface area contributed by atoms with Crippen LogP contribution in [-0.2, 0) is 14.4 Å². The maximum atomic E-state index is 11.0. The van der Waals surface area contributed by atoms with E-state index in [1.165, 1.54) is 0 Å². The molecule has 0 saturated carbocycles. The Labute approximate surface area is 87.6 Å². The van der Waals surface area contributed by atoms with E-state index in [0.717, 1.165) is 0 Å². The second kappa shape index (κ2) is 7.98. The van der Waals surface area contributed by atoms with Crippen LogP contribution in [0.15, 0.2) is 0 Å². The highest BCUT2D eigenvalue weighted by Crippen LogP contribution is 1.95. The SMILES string of the molecule is CC(N)CC(=O)OCCCCO[N+](=O)[O-]. The van der Waals surface area contributed by atoms with Crippen molar-refractivity contribution < 1.29 is 19.5 Å². The van der Waals surface area contributed by atoms with Gasteiger partial charge in [-0.15, -0.1) is 10.1 Å². The number of hydrogen-bond donors (Lipinski definition) is 1. The lowest BCUT2D eigenvalue weighted by Crippen LogP contribution is -2.21. The fourth-order valence-corrected chi connectivity index (χ4v) is 0.851. The lowest BCUT2D eigenvalue weighted by Gasteiger charge is -2.06. The summed E-state index contributed by atoms with van der Waals surface area (Å²) < 4.78 is 4.82. The number of rotatable bonds is 8. The van der Waals surface area contributed by atoms with E-state index in [0.29, 0.717) is 12.8 Å². The molecule has 0 rings (SSSR count). The lowest BCUT2D eigenvalue weighted by molar-refractivity contribution is -0.757. The van der Waals surface area contributed by atoms with Crippen LogP contribution in [0.25, 0.3) is 0 Å². The van der Waals surface area contributed by atoms with Crippen LogP contribution in [0.5, 0.6) is 0 Å². The molecular weight excluding hydrogens is 204 g/mol. The van der Waals surface area contributed by atoms with Gasteiger partial charge in [0.25, 0.3) is 5.09 Å². The third-order valence-electron chi connectivity index (χ3n) is 1.49. The van der Waals surface area contributed by atoms with Crippen molar-refractivity contribution in [1.29, 1.82) is 0 Å². The first-order valence-electron chi connectivity index (χ1n) is 4.71. The number of nitrogens with two attached hydrogens (primary N) is 1. The molecule has 0 spiro atoms. The molecule has 2 N–H and O–H groups in total. The summed E-state index contributed by atoms with van der Waals surface area (Å²) in [6.07, 6.45) is 1.20. The molecule has 0 fully saturated rings. The van der Waals surface area contributed by atoms with Gasteiger partial charge in [0.2, 0.25) is 0 Å². The Morgan fingerprint density at radius 1 is 1.47 bits per heavy atom. The summed E-state index contributed by atoms with van der Waals surface area (Å²) in [6.45, 7) is 1.98. The first-order chi connectivity index (χ1) is 7.02. The van der Waals surface area contributed by atoms with Gasteiger partial charge < -0.3 is 15.3 Å². The molecule has 0 amide bonds. The molecule has 0 aliphatic carbocycles. The van der Waals surface area contributed by atoms with Crippen LogP contribution in [0, 0.1) is 10.1 Å². The third-order valence-corrected chi connectivity index (χ3v) is 1.49. The molecule has 0 aliphatic heterocycles. The zero-order valence-electron chi connectivity index (χ0n) is 8.68. The van der Waals surface area contributed by atoms with Crippen molar-refractivity contribution >= 4 is 5.97 Å². The first-order valence-corrected chi connectivity index (χ1v) is 4.71. The van der Waals surface area contributed by atoms with Crippen molar-refractivity contribution in [3.05, 3.63) is 10.1 Å². The van der Waals surface area contributed by atoms with E-state index in [1.807, 2.05) is 0 Å². The third kappa shape index (κ3) is 10.6. The number of nitrogens with zero attached hydrogens (tertiary/aromatic N) is 1. The monoisotopic (exact) mass is 220 g/mol. The maximum Gasteiger partial charge on any atom is 0.307 e. The van der Waals surface area contributed by atoms with E-state index in [2.05, 4.69) is 4.84 Å². The highest BCUT2D eigenvalue weighted by Gasteiger charge is 2.05. The van der Waals surface area contributed by atoms with Crippen LogP contribution in [0.4, 0.5) is 0 Å². The predicted molar refractivity (Wildman–Crippen MR) is 51.4 cm³/mol. The van der Waals surface area contributed by atoms with Gasteiger partial charge in [0.05, 0.1) is 19.6 Å². The maximum absolute atomic E-state index is 11.0. The van der Waals surface area contributed by atoms with Gasteiger partial charge in [-0.1, -0.05) is 0 Å². The van der Waals surface area contributed by atoms with E-state index in [9.17, 15) is 14.9 Å². The van der Waals surface area contributed by atoms with E-state index in [4.69, 9.17) is 10.5 Å². The minimum absolute atomic E-state index is 0.0256. The Bertz CT molecular complexity index is 207. The van der Waals surface area contributed by atoms with Gasteiger partial charge in [-0.2, -0.15) is 0 Å². The molecule has 0 aromatic rings. The van der Waals surface area contributed by atoms with Crippen molar-refractivity contribution in [2.45, 2.75) is 32.2 Å². The summed E-state index contributed by atoms with van der Waals surface area (Å²) in [7, 11) is 0.